The van der Waals surface area contributed by atoms with E-state index in [-0.39, 0.29) is 10.6 Å². The van der Waals surface area contributed by atoms with E-state index in [2.05, 4.69) is 15.9 Å². The third kappa shape index (κ3) is 2.18. The molecule has 1 aromatic rings. The zero-order chi connectivity index (χ0) is 11.0. The van der Waals surface area contributed by atoms with Crippen LogP contribution < -0.4 is 5.73 Å². The van der Waals surface area contributed by atoms with Crippen LogP contribution in [0.1, 0.15) is 17.9 Å². The minimum atomic E-state index is -0.367. The van der Waals surface area contributed by atoms with E-state index in [4.69, 9.17) is 5.73 Å². The topological polar surface area (TPSA) is 69.2 Å². The molecule has 2 N–H and O–H groups in total. The van der Waals surface area contributed by atoms with Crippen molar-refractivity contribution in [2.24, 2.45) is 11.7 Å². The highest BCUT2D eigenvalue weighted by Crippen LogP contribution is 2.47. The van der Waals surface area contributed by atoms with Gasteiger partial charge in [-0.15, -0.1) is 0 Å². The van der Waals surface area contributed by atoms with Crippen molar-refractivity contribution in [3.05, 3.63) is 38.3 Å². The molecular formula is C10H11BrN2O2. The second-order valence-corrected chi connectivity index (χ2v) is 4.75. The summed E-state index contributed by atoms with van der Waals surface area (Å²) in [6.45, 7) is 0.658. The van der Waals surface area contributed by atoms with E-state index >= 15 is 0 Å². The lowest BCUT2D eigenvalue weighted by Crippen LogP contribution is -2.02. The van der Waals surface area contributed by atoms with Crippen LogP contribution in [0.3, 0.4) is 0 Å². The second-order valence-electron chi connectivity index (χ2n) is 3.84. The minimum Gasteiger partial charge on any atom is -0.330 e. The normalized spacial score (nSPS) is 23.9. The first kappa shape index (κ1) is 10.6. The Labute approximate surface area is 95.7 Å². The Morgan fingerprint density at radius 2 is 2.27 bits per heavy atom. The number of nitro benzene ring substituents is 1. The second kappa shape index (κ2) is 3.90. The molecule has 0 aliphatic heterocycles. The van der Waals surface area contributed by atoms with Crippen LogP contribution >= 0.6 is 15.9 Å². The minimum absolute atomic E-state index is 0.141. The van der Waals surface area contributed by atoms with Crippen LogP contribution in [0.25, 0.3) is 0 Å². The molecule has 1 saturated carbocycles. The Morgan fingerprint density at radius 3 is 2.80 bits per heavy atom. The number of hydrogen-bond acceptors (Lipinski definition) is 3. The molecule has 2 atom stereocenters. The summed E-state index contributed by atoms with van der Waals surface area (Å²) in [5.41, 5.74) is 6.71. The molecule has 0 amide bonds. The van der Waals surface area contributed by atoms with Crippen LogP contribution in [-0.2, 0) is 0 Å². The van der Waals surface area contributed by atoms with Crippen molar-refractivity contribution in [2.45, 2.75) is 12.3 Å². The molecule has 0 aromatic heterocycles. The van der Waals surface area contributed by atoms with Crippen LogP contribution in [0.4, 0.5) is 5.69 Å². The first-order chi connectivity index (χ1) is 7.11. The molecule has 15 heavy (non-hydrogen) atoms. The summed E-state index contributed by atoms with van der Waals surface area (Å²) < 4.78 is 0.759. The Hall–Kier alpha value is -0.940. The van der Waals surface area contributed by atoms with Crippen molar-refractivity contribution in [1.82, 2.24) is 0 Å². The van der Waals surface area contributed by atoms with Gasteiger partial charge < -0.3 is 5.73 Å². The molecule has 2 unspecified atom stereocenters. The van der Waals surface area contributed by atoms with Gasteiger partial charge in [0, 0.05) is 16.6 Å². The lowest BCUT2D eigenvalue weighted by Gasteiger charge is -2.01. The molecule has 0 radical (unpaired) electrons. The third-order valence-electron chi connectivity index (χ3n) is 2.77. The van der Waals surface area contributed by atoms with Crippen molar-refractivity contribution in [2.75, 3.05) is 6.54 Å². The summed E-state index contributed by atoms with van der Waals surface area (Å²) in [5, 5.41) is 10.7. The van der Waals surface area contributed by atoms with E-state index in [9.17, 15) is 10.1 Å². The largest absolute Gasteiger partial charge is 0.330 e. The van der Waals surface area contributed by atoms with Gasteiger partial charge in [0.1, 0.15) is 0 Å². The lowest BCUT2D eigenvalue weighted by atomic mass is 10.1. The van der Waals surface area contributed by atoms with Gasteiger partial charge in [0.05, 0.1) is 4.92 Å². The van der Waals surface area contributed by atoms with Crippen molar-refractivity contribution < 1.29 is 4.92 Å². The van der Waals surface area contributed by atoms with Gasteiger partial charge >= 0.3 is 0 Å². The first-order valence-corrected chi connectivity index (χ1v) is 5.56. The molecule has 2 rings (SSSR count). The maximum absolute atomic E-state index is 10.7. The maximum atomic E-state index is 10.7. The fraction of sp³-hybridized carbons (Fsp3) is 0.400. The first-order valence-electron chi connectivity index (χ1n) is 4.76. The monoisotopic (exact) mass is 270 g/mol. The van der Waals surface area contributed by atoms with E-state index in [1.165, 1.54) is 6.07 Å². The predicted octanol–water partition coefficient (Wildman–Crippen LogP) is 2.42. The molecule has 5 heteroatoms. The quantitative estimate of drug-likeness (QED) is 0.678. The number of nitrogens with zero attached hydrogens (tertiary/aromatic N) is 1. The van der Waals surface area contributed by atoms with Crippen molar-refractivity contribution in [3.8, 4) is 0 Å². The molecule has 1 aliphatic rings. The number of nitro groups is 1. The average molecular weight is 271 g/mol. The van der Waals surface area contributed by atoms with E-state index in [0.29, 0.717) is 18.4 Å². The molecule has 1 aromatic carbocycles. The molecule has 1 aliphatic carbocycles. The molecule has 0 spiro atoms. The van der Waals surface area contributed by atoms with Gasteiger partial charge in [-0.25, -0.2) is 0 Å². The smallest absolute Gasteiger partial charge is 0.270 e. The predicted molar refractivity (Wildman–Crippen MR) is 60.7 cm³/mol. The van der Waals surface area contributed by atoms with Crippen LogP contribution in [0.5, 0.6) is 0 Å². The summed E-state index contributed by atoms with van der Waals surface area (Å²) in [7, 11) is 0. The number of hydrogen-bond donors (Lipinski definition) is 1. The van der Waals surface area contributed by atoms with Crippen molar-refractivity contribution in [1.29, 1.82) is 0 Å². The van der Waals surface area contributed by atoms with Crippen LogP contribution in [0, 0.1) is 16.0 Å². The maximum Gasteiger partial charge on any atom is 0.270 e. The highest BCUT2D eigenvalue weighted by Gasteiger charge is 2.37. The summed E-state index contributed by atoms with van der Waals surface area (Å²) >= 11 is 3.28. The summed E-state index contributed by atoms with van der Waals surface area (Å²) in [5.74, 6) is 0.908. The summed E-state index contributed by atoms with van der Waals surface area (Å²) in [4.78, 5) is 10.3. The van der Waals surface area contributed by atoms with Crippen molar-refractivity contribution >= 4 is 21.6 Å². The summed E-state index contributed by atoms with van der Waals surface area (Å²) in [6, 6.07) is 5.10. The fourth-order valence-electron chi connectivity index (χ4n) is 1.83. The van der Waals surface area contributed by atoms with Gasteiger partial charge in [-0.2, -0.15) is 0 Å². The molecule has 4 nitrogen and oxygen atoms in total. The molecule has 0 saturated heterocycles. The number of halogens is 1. The van der Waals surface area contributed by atoms with Crippen LogP contribution in [-0.4, -0.2) is 11.5 Å². The van der Waals surface area contributed by atoms with Gasteiger partial charge in [0.15, 0.2) is 0 Å². The Morgan fingerprint density at radius 1 is 1.53 bits per heavy atom. The summed E-state index contributed by atoms with van der Waals surface area (Å²) in [6.07, 6.45) is 1.05. The van der Waals surface area contributed by atoms with Gasteiger partial charge in [-0.1, -0.05) is 15.9 Å². The number of nitrogens with two attached hydrogens (primary N) is 1. The number of non-ortho nitro benzene ring substituents is 1. The molecule has 0 bridgehead atoms. The zero-order valence-electron chi connectivity index (χ0n) is 8.02. The van der Waals surface area contributed by atoms with Gasteiger partial charge in [0.2, 0.25) is 0 Å². The standard InChI is InChI=1S/C10H11BrN2O2/c11-8-1-6(10-3-7(10)5-12)2-9(4-8)13(14)15/h1-2,4,7,10H,3,5,12H2. The van der Waals surface area contributed by atoms with E-state index in [1.54, 1.807) is 6.07 Å². The SMILES string of the molecule is NCC1CC1c1cc(Br)cc([N+](=O)[O-])c1. The highest BCUT2D eigenvalue weighted by molar-refractivity contribution is 9.10. The van der Waals surface area contributed by atoms with Gasteiger partial charge in [-0.3, -0.25) is 10.1 Å². The van der Waals surface area contributed by atoms with E-state index in [0.717, 1.165) is 16.5 Å². The van der Waals surface area contributed by atoms with E-state index in [1.807, 2.05) is 6.07 Å². The number of rotatable bonds is 3. The Bertz CT molecular complexity index is 408. The Kier molecular flexibility index (Phi) is 2.75. The molecule has 0 heterocycles. The van der Waals surface area contributed by atoms with Gasteiger partial charge in [-0.05, 0) is 36.4 Å². The van der Waals surface area contributed by atoms with Gasteiger partial charge in [0.25, 0.3) is 5.69 Å². The third-order valence-corrected chi connectivity index (χ3v) is 3.23. The van der Waals surface area contributed by atoms with Crippen LogP contribution in [0.2, 0.25) is 0 Å². The lowest BCUT2D eigenvalue weighted by molar-refractivity contribution is -0.385. The zero-order valence-corrected chi connectivity index (χ0v) is 9.61. The number of benzene rings is 1. The molecule has 80 valence electrons. The Balaban J connectivity index is 2.29. The van der Waals surface area contributed by atoms with Crippen LogP contribution in [0.15, 0.2) is 22.7 Å². The highest BCUT2D eigenvalue weighted by atomic mass is 79.9. The van der Waals surface area contributed by atoms with E-state index < -0.39 is 0 Å². The van der Waals surface area contributed by atoms with Crippen molar-refractivity contribution in [3.63, 3.8) is 0 Å². The molecular weight excluding hydrogens is 260 g/mol. The molecule has 1 fully saturated rings. The fourth-order valence-corrected chi connectivity index (χ4v) is 2.33. The average Bonchev–Trinajstić information content (AvgIpc) is 2.95.